The summed E-state index contributed by atoms with van der Waals surface area (Å²) in [5.41, 5.74) is 13.6. The van der Waals surface area contributed by atoms with E-state index in [1.165, 1.54) is 63.3 Å². The van der Waals surface area contributed by atoms with Crippen molar-refractivity contribution in [3.8, 4) is 11.1 Å². The number of hydrogen-bond acceptors (Lipinski definition) is 0. The zero-order valence-corrected chi connectivity index (χ0v) is 20.1. The molecule has 2 aromatic carbocycles. The van der Waals surface area contributed by atoms with Gasteiger partial charge in [-0.1, -0.05) is 0 Å². The van der Waals surface area contributed by atoms with Gasteiger partial charge in [0.2, 0.25) is 0 Å². The molecule has 2 unspecified atom stereocenters. The standard InChI is InChI=1S/C22H21.2ClH.Hf/c1-13-14(2)16(4)22(15(13)3)20-11-7-10-19-18-9-6-5-8-17(18)12-21(19)20;;;/h5-12,15H,1-4H3;2*1H;/q;;;+2/p-2. The molecule has 2 atom stereocenters. The maximum atomic E-state index is 2.37. The molecule has 0 saturated heterocycles. The van der Waals surface area contributed by atoms with Gasteiger partial charge in [0.15, 0.2) is 0 Å². The maximum Gasteiger partial charge on any atom is -1.00 e. The van der Waals surface area contributed by atoms with E-state index in [-0.39, 0.29) is 24.8 Å². The summed E-state index contributed by atoms with van der Waals surface area (Å²) in [6.45, 7) is 9.26. The van der Waals surface area contributed by atoms with Gasteiger partial charge in [0.25, 0.3) is 0 Å². The van der Waals surface area contributed by atoms with Crippen molar-refractivity contribution >= 4 is 5.57 Å². The van der Waals surface area contributed by atoms with E-state index in [9.17, 15) is 0 Å². The number of benzene rings is 2. The third kappa shape index (κ3) is 2.93. The Labute approximate surface area is 178 Å². The van der Waals surface area contributed by atoms with Crippen molar-refractivity contribution in [2.75, 3.05) is 0 Å². The van der Waals surface area contributed by atoms with Crippen molar-refractivity contribution in [3.63, 3.8) is 0 Å². The van der Waals surface area contributed by atoms with Gasteiger partial charge < -0.3 is 24.8 Å². The van der Waals surface area contributed by atoms with Crippen molar-refractivity contribution in [1.29, 1.82) is 0 Å². The van der Waals surface area contributed by atoms with E-state index < -0.39 is 0 Å². The minimum absolute atomic E-state index is 0. The Balaban J connectivity index is 0.00000113. The molecular formula is C22H21Cl2Hf. The Morgan fingerprint density at radius 3 is 2.00 bits per heavy atom. The SMILES string of the molecule is CC1=C(C)C(C)C(c2cccc3c2[CH]([Hf+2])c2ccccc2-3)=C1C.[Cl-].[Cl-]. The smallest absolute Gasteiger partial charge is 1.00 e. The van der Waals surface area contributed by atoms with Crippen molar-refractivity contribution < 1.29 is 49.2 Å². The number of rotatable bonds is 1. The summed E-state index contributed by atoms with van der Waals surface area (Å²) in [6.07, 6.45) is 0. The van der Waals surface area contributed by atoms with Gasteiger partial charge in [0, 0.05) is 0 Å². The molecule has 0 nitrogen and oxygen atoms in total. The fourth-order valence-electron chi connectivity index (χ4n) is 4.29. The summed E-state index contributed by atoms with van der Waals surface area (Å²) in [5, 5.41) is 0. The van der Waals surface area contributed by atoms with E-state index in [0.29, 0.717) is 9.59 Å². The molecule has 3 heteroatoms. The topological polar surface area (TPSA) is 0 Å². The molecule has 0 spiro atoms. The van der Waals surface area contributed by atoms with Crippen molar-refractivity contribution in [2.24, 2.45) is 5.92 Å². The molecule has 0 saturated carbocycles. The van der Waals surface area contributed by atoms with E-state index in [1.807, 2.05) is 0 Å². The molecule has 2 aliphatic carbocycles. The number of fused-ring (bicyclic) bond motifs is 3. The fraction of sp³-hybridized carbons (Fsp3) is 0.273. The second-order valence-electron chi connectivity index (χ2n) is 6.86. The number of hydrogen-bond donors (Lipinski definition) is 0. The molecule has 4 rings (SSSR count). The molecular weight excluding hydrogens is 514 g/mol. The van der Waals surface area contributed by atoms with Crippen LogP contribution in [0.1, 0.15) is 48.1 Å². The van der Waals surface area contributed by atoms with E-state index in [0.717, 1.165) is 0 Å². The molecule has 0 amide bonds. The molecule has 0 N–H and O–H groups in total. The van der Waals surface area contributed by atoms with Gasteiger partial charge in [-0.3, -0.25) is 0 Å². The molecule has 0 fully saturated rings. The summed E-state index contributed by atoms with van der Waals surface area (Å²) in [4.78, 5) is 0. The van der Waals surface area contributed by atoms with Gasteiger partial charge in [0.05, 0.1) is 0 Å². The monoisotopic (exact) mass is 535 g/mol. The Morgan fingerprint density at radius 2 is 1.36 bits per heavy atom. The number of halogens is 2. The van der Waals surface area contributed by atoms with Gasteiger partial charge in [-0.15, -0.1) is 0 Å². The van der Waals surface area contributed by atoms with Gasteiger partial charge in [-0.05, 0) is 0 Å². The van der Waals surface area contributed by atoms with Crippen LogP contribution < -0.4 is 24.8 Å². The van der Waals surface area contributed by atoms with Gasteiger partial charge in [-0.2, -0.15) is 0 Å². The predicted octanol–water partition coefficient (Wildman–Crippen LogP) is 0.0708. The Morgan fingerprint density at radius 1 is 0.760 bits per heavy atom. The molecule has 25 heavy (non-hydrogen) atoms. The van der Waals surface area contributed by atoms with Crippen molar-refractivity contribution in [3.05, 3.63) is 75.9 Å². The largest absolute Gasteiger partial charge is 1.00 e. The first-order valence-electron chi connectivity index (χ1n) is 8.34. The fourth-order valence-corrected chi connectivity index (χ4v) is 6.32. The summed E-state index contributed by atoms with van der Waals surface area (Å²) < 4.78 is 0.617. The maximum absolute atomic E-state index is 2.37. The summed E-state index contributed by atoms with van der Waals surface area (Å²) >= 11 is 1.17. The Kier molecular flexibility index (Phi) is 6.24. The second kappa shape index (κ2) is 7.55. The van der Waals surface area contributed by atoms with Gasteiger partial charge in [0.1, 0.15) is 0 Å². The predicted molar refractivity (Wildman–Crippen MR) is 93.9 cm³/mol. The van der Waals surface area contributed by atoms with Crippen LogP contribution in [0.2, 0.25) is 0 Å². The van der Waals surface area contributed by atoms with Crippen LogP contribution in [0.3, 0.4) is 0 Å². The first-order chi connectivity index (χ1) is 11.0. The van der Waals surface area contributed by atoms with Crippen LogP contribution in [0.15, 0.2) is 59.2 Å². The van der Waals surface area contributed by atoms with E-state index in [1.54, 1.807) is 11.1 Å². The first kappa shape index (κ1) is 20.7. The Hall–Kier alpha value is -0.630. The second-order valence-corrected chi connectivity index (χ2v) is 8.93. The van der Waals surface area contributed by atoms with Crippen molar-refractivity contribution in [2.45, 2.75) is 31.4 Å². The third-order valence-corrected chi connectivity index (χ3v) is 8.04. The zero-order valence-electron chi connectivity index (χ0n) is 15.0. The molecule has 0 radical (unpaired) electrons. The normalized spacial score (nSPS) is 20.9. The van der Waals surface area contributed by atoms with Crippen LogP contribution in [-0.4, -0.2) is 0 Å². The zero-order chi connectivity index (χ0) is 16.3. The van der Waals surface area contributed by atoms with Gasteiger partial charge in [-0.25, -0.2) is 0 Å². The molecule has 2 aromatic rings. The Bertz CT molecular complexity index is 893. The molecule has 0 heterocycles. The third-order valence-electron chi connectivity index (χ3n) is 5.89. The summed E-state index contributed by atoms with van der Waals surface area (Å²) in [5.74, 6) is 0.541. The molecule has 0 aliphatic heterocycles. The van der Waals surface area contributed by atoms with E-state index in [4.69, 9.17) is 0 Å². The van der Waals surface area contributed by atoms with E-state index in [2.05, 4.69) is 70.2 Å². The molecule has 0 aromatic heterocycles. The van der Waals surface area contributed by atoms with Crippen molar-refractivity contribution in [1.82, 2.24) is 0 Å². The average molecular weight is 535 g/mol. The van der Waals surface area contributed by atoms with Crippen LogP contribution in [0.25, 0.3) is 16.7 Å². The van der Waals surface area contributed by atoms with Crippen LogP contribution in [-0.2, 0) is 24.4 Å². The molecule has 2 aliphatic rings. The van der Waals surface area contributed by atoms with Crippen LogP contribution in [0, 0.1) is 5.92 Å². The number of allylic oxidation sites excluding steroid dienone is 4. The van der Waals surface area contributed by atoms with Crippen LogP contribution in [0.5, 0.6) is 0 Å². The minimum atomic E-state index is 0. The van der Waals surface area contributed by atoms with Crippen LogP contribution >= 0.6 is 0 Å². The first-order valence-corrected chi connectivity index (χ1v) is 10.4. The molecule has 127 valence electrons. The average Bonchev–Trinajstić information content (AvgIpc) is 2.96. The summed E-state index contributed by atoms with van der Waals surface area (Å²) in [7, 11) is 0. The van der Waals surface area contributed by atoms with Crippen LogP contribution in [0.4, 0.5) is 0 Å². The molecule has 0 bridgehead atoms. The minimum Gasteiger partial charge on any atom is -1.00 e. The summed E-state index contributed by atoms with van der Waals surface area (Å²) in [6, 6.07) is 15.9. The van der Waals surface area contributed by atoms with E-state index >= 15 is 0 Å². The quantitative estimate of drug-likeness (QED) is 0.455. The van der Waals surface area contributed by atoms with Gasteiger partial charge >= 0.3 is 154 Å².